The van der Waals surface area contributed by atoms with Gasteiger partial charge in [-0.15, -0.1) is 0 Å². The number of aromatic nitrogens is 2. The van der Waals surface area contributed by atoms with Crippen LogP contribution in [0, 0.1) is 5.92 Å². The summed E-state index contributed by atoms with van der Waals surface area (Å²) in [6.45, 7) is 1.36. The maximum Gasteiger partial charge on any atom is 0.303 e. The molecule has 1 aromatic carbocycles. The van der Waals surface area contributed by atoms with Crippen LogP contribution in [0.4, 0.5) is 0 Å². The Balaban J connectivity index is 1.60. The van der Waals surface area contributed by atoms with Gasteiger partial charge in [0.15, 0.2) is 0 Å². The van der Waals surface area contributed by atoms with Gasteiger partial charge >= 0.3 is 5.97 Å². The van der Waals surface area contributed by atoms with E-state index in [1.807, 2.05) is 35.2 Å². The lowest BCUT2D eigenvalue weighted by Gasteiger charge is -2.32. The predicted molar refractivity (Wildman–Crippen MR) is 111 cm³/mol. The fraction of sp³-hybridized carbons (Fsp3) is 0.522. The third-order valence-electron chi connectivity index (χ3n) is 6.32. The molecule has 1 aliphatic heterocycles. The van der Waals surface area contributed by atoms with Gasteiger partial charge in [0, 0.05) is 25.1 Å². The lowest BCUT2D eigenvalue weighted by Crippen LogP contribution is -2.40. The molecule has 1 saturated carbocycles. The molecule has 1 saturated heterocycles. The number of carbonyl (C=O) groups excluding carboxylic acids is 1. The van der Waals surface area contributed by atoms with Crippen molar-refractivity contribution in [2.24, 2.45) is 5.92 Å². The zero-order valence-electron chi connectivity index (χ0n) is 16.8. The molecule has 2 aliphatic rings. The first kappa shape index (κ1) is 19.7. The van der Waals surface area contributed by atoms with E-state index in [0.717, 1.165) is 43.5 Å². The topological polar surface area (TPSA) is 75.4 Å². The van der Waals surface area contributed by atoms with E-state index in [1.165, 1.54) is 12.8 Å². The van der Waals surface area contributed by atoms with Crippen molar-refractivity contribution in [3.05, 3.63) is 42.1 Å². The van der Waals surface area contributed by atoms with Crippen LogP contribution in [0.2, 0.25) is 0 Å². The van der Waals surface area contributed by atoms with E-state index < -0.39 is 5.97 Å². The number of carbonyl (C=O) groups is 2. The van der Waals surface area contributed by atoms with Crippen molar-refractivity contribution in [3.8, 4) is 11.3 Å². The first-order valence-electron chi connectivity index (χ1n) is 10.8. The van der Waals surface area contributed by atoms with Crippen LogP contribution < -0.4 is 0 Å². The van der Waals surface area contributed by atoms with Gasteiger partial charge in [0.25, 0.3) is 5.91 Å². The lowest BCUT2D eigenvalue weighted by molar-refractivity contribution is -0.137. The molecule has 154 valence electrons. The minimum Gasteiger partial charge on any atom is -0.481 e. The van der Waals surface area contributed by atoms with E-state index in [2.05, 4.69) is 9.78 Å². The minimum atomic E-state index is -0.766. The minimum absolute atomic E-state index is 0.0214. The molecular weight excluding hydrogens is 366 g/mol. The quantitative estimate of drug-likeness (QED) is 0.787. The Bertz CT molecular complexity index is 856. The van der Waals surface area contributed by atoms with Crippen molar-refractivity contribution < 1.29 is 14.7 Å². The summed E-state index contributed by atoms with van der Waals surface area (Å²) in [7, 11) is 0. The molecule has 1 amide bonds. The highest BCUT2D eigenvalue weighted by Crippen LogP contribution is 2.35. The SMILES string of the molecule is O=C(O)CCC1CCCN(C(=O)c2cnn(C3CCCC3)c2-c2ccccc2)C1. The molecule has 4 rings (SSSR count). The van der Waals surface area contributed by atoms with Gasteiger partial charge in [-0.2, -0.15) is 5.10 Å². The average Bonchev–Trinajstić information content (AvgIpc) is 3.42. The molecule has 1 aromatic heterocycles. The number of likely N-dealkylation sites (tertiary alicyclic amines) is 1. The molecule has 1 unspecified atom stereocenters. The molecule has 0 radical (unpaired) electrons. The largest absolute Gasteiger partial charge is 0.481 e. The second-order valence-corrected chi connectivity index (χ2v) is 8.35. The Morgan fingerprint density at radius 1 is 1.07 bits per heavy atom. The maximum atomic E-state index is 13.5. The van der Waals surface area contributed by atoms with Crippen molar-refractivity contribution in [1.82, 2.24) is 14.7 Å². The van der Waals surface area contributed by atoms with Crippen LogP contribution in [-0.2, 0) is 4.79 Å². The molecule has 1 N–H and O–H groups in total. The van der Waals surface area contributed by atoms with Gasteiger partial charge in [-0.3, -0.25) is 14.3 Å². The molecule has 29 heavy (non-hydrogen) atoms. The fourth-order valence-electron chi connectivity index (χ4n) is 4.81. The summed E-state index contributed by atoms with van der Waals surface area (Å²) in [5.74, 6) is -0.486. The molecule has 0 spiro atoms. The molecule has 2 fully saturated rings. The number of carboxylic acids is 1. The van der Waals surface area contributed by atoms with Crippen molar-refractivity contribution in [1.29, 1.82) is 0 Å². The predicted octanol–water partition coefficient (Wildman–Crippen LogP) is 4.38. The Kier molecular flexibility index (Phi) is 5.97. The number of hydrogen-bond acceptors (Lipinski definition) is 3. The number of piperidine rings is 1. The number of aliphatic carboxylic acids is 1. The normalized spacial score (nSPS) is 20.1. The number of hydrogen-bond donors (Lipinski definition) is 1. The van der Waals surface area contributed by atoms with Gasteiger partial charge in [0.05, 0.1) is 23.5 Å². The van der Waals surface area contributed by atoms with E-state index in [4.69, 9.17) is 5.11 Å². The van der Waals surface area contributed by atoms with Crippen LogP contribution in [0.25, 0.3) is 11.3 Å². The monoisotopic (exact) mass is 395 g/mol. The highest BCUT2D eigenvalue weighted by molar-refractivity contribution is 6.00. The van der Waals surface area contributed by atoms with Crippen LogP contribution in [0.3, 0.4) is 0 Å². The molecule has 6 heteroatoms. The molecule has 2 aromatic rings. The molecule has 0 bridgehead atoms. The van der Waals surface area contributed by atoms with E-state index in [0.29, 0.717) is 24.6 Å². The summed E-state index contributed by atoms with van der Waals surface area (Å²) in [6, 6.07) is 10.4. The zero-order chi connectivity index (χ0) is 20.2. The first-order chi connectivity index (χ1) is 14.1. The Hall–Kier alpha value is -2.63. The first-order valence-corrected chi connectivity index (χ1v) is 10.8. The second-order valence-electron chi connectivity index (χ2n) is 8.35. The summed E-state index contributed by atoms with van der Waals surface area (Å²) in [4.78, 5) is 26.3. The Morgan fingerprint density at radius 2 is 1.83 bits per heavy atom. The fourth-order valence-corrected chi connectivity index (χ4v) is 4.81. The van der Waals surface area contributed by atoms with Gasteiger partial charge in [-0.05, 0) is 38.0 Å². The third kappa shape index (κ3) is 4.36. The summed E-state index contributed by atoms with van der Waals surface area (Å²) in [6.07, 6.45) is 9.08. The van der Waals surface area contributed by atoms with Crippen molar-refractivity contribution in [2.45, 2.75) is 57.4 Å². The zero-order valence-corrected chi connectivity index (χ0v) is 16.8. The van der Waals surface area contributed by atoms with Crippen LogP contribution in [0.5, 0.6) is 0 Å². The summed E-state index contributed by atoms with van der Waals surface area (Å²) in [5.41, 5.74) is 2.62. The molecular formula is C23H29N3O3. The smallest absolute Gasteiger partial charge is 0.303 e. The molecule has 2 heterocycles. The number of carboxylic acid groups (broad SMARTS) is 1. The second kappa shape index (κ2) is 8.80. The standard InChI is InChI=1S/C23H29N3O3/c27-21(28)13-12-17-7-6-14-25(16-17)23(29)20-15-24-26(19-10-4-5-11-19)22(20)18-8-2-1-3-9-18/h1-3,8-9,15,17,19H,4-7,10-14,16H2,(H,27,28). The van der Waals surface area contributed by atoms with E-state index >= 15 is 0 Å². The Labute approximate surface area is 171 Å². The van der Waals surface area contributed by atoms with Crippen LogP contribution >= 0.6 is 0 Å². The molecule has 1 atom stereocenters. The van der Waals surface area contributed by atoms with E-state index in [9.17, 15) is 9.59 Å². The molecule has 6 nitrogen and oxygen atoms in total. The summed E-state index contributed by atoms with van der Waals surface area (Å²) < 4.78 is 2.07. The summed E-state index contributed by atoms with van der Waals surface area (Å²) in [5, 5.41) is 13.6. The van der Waals surface area contributed by atoms with Gasteiger partial charge < -0.3 is 10.0 Å². The van der Waals surface area contributed by atoms with E-state index in [-0.39, 0.29) is 18.2 Å². The number of amides is 1. The van der Waals surface area contributed by atoms with Crippen molar-refractivity contribution in [3.63, 3.8) is 0 Å². The molecule has 1 aliphatic carbocycles. The van der Waals surface area contributed by atoms with Gasteiger partial charge in [0.2, 0.25) is 0 Å². The maximum absolute atomic E-state index is 13.5. The highest BCUT2D eigenvalue weighted by Gasteiger charge is 2.30. The van der Waals surface area contributed by atoms with Gasteiger partial charge in [-0.1, -0.05) is 43.2 Å². The van der Waals surface area contributed by atoms with Crippen LogP contribution in [-0.4, -0.2) is 44.8 Å². The highest BCUT2D eigenvalue weighted by atomic mass is 16.4. The number of nitrogens with zero attached hydrogens (tertiary/aromatic N) is 3. The Morgan fingerprint density at radius 3 is 2.55 bits per heavy atom. The lowest BCUT2D eigenvalue weighted by atomic mass is 9.93. The van der Waals surface area contributed by atoms with Crippen LogP contribution in [0.15, 0.2) is 36.5 Å². The average molecular weight is 396 g/mol. The van der Waals surface area contributed by atoms with E-state index in [1.54, 1.807) is 6.20 Å². The van der Waals surface area contributed by atoms with Gasteiger partial charge in [-0.25, -0.2) is 0 Å². The van der Waals surface area contributed by atoms with Gasteiger partial charge in [0.1, 0.15) is 0 Å². The summed E-state index contributed by atoms with van der Waals surface area (Å²) >= 11 is 0. The number of benzene rings is 1. The van der Waals surface area contributed by atoms with Crippen molar-refractivity contribution in [2.75, 3.05) is 13.1 Å². The number of rotatable bonds is 6. The third-order valence-corrected chi connectivity index (χ3v) is 6.32. The van der Waals surface area contributed by atoms with Crippen molar-refractivity contribution >= 4 is 11.9 Å². The van der Waals surface area contributed by atoms with Crippen LogP contribution in [0.1, 0.15) is 67.8 Å².